The molecular formula is C23H31N2O2+. The van der Waals surface area contributed by atoms with E-state index in [2.05, 4.69) is 5.32 Å². The van der Waals surface area contributed by atoms with Crippen molar-refractivity contribution in [3.8, 4) is 0 Å². The summed E-state index contributed by atoms with van der Waals surface area (Å²) in [5, 5.41) is 2.22. The minimum Gasteiger partial charge on any atom is -0.335 e. The summed E-state index contributed by atoms with van der Waals surface area (Å²) < 4.78 is 0. The maximum atomic E-state index is 13.1. The van der Waals surface area contributed by atoms with Crippen LogP contribution in [0.2, 0.25) is 0 Å². The van der Waals surface area contributed by atoms with Crippen molar-refractivity contribution < 1.29 is 14.9 Å². The van der Waals surface area contributed by atoms with Crippen molar-refractivity contribution in [2.75, 3.05) is 11.4 Å². The lowest BCUT2D eigenvalue weighted by molar-refractivity contribution is -0.687. The summed E-state index contributed by atoms with van der Waals surface area (Å²) in [5.41, 5.74) is 3.24. The molecule has 4 nitrogen and oxygen atoms in total. The maximum Gasteiger partial charge on any atom is 0.292 e. The van der Waals surface area contributed by atoms with Gasteiger partial charge in [0.15, 0.2) is 6.04 Å². The van der Waals surface area contributed by atoms with Crippen LogP contribution in [0.3, 0.4) is 0 Å². The predicted octanol–water partition coefficient (Wildman–Crippen LogP) is 2.72. The lowest BCUT2D eigenvalue weighted by Crippen LogP contribution is -2.94. The van der Waals surface area contributed by atoms with Crippen molar-refractivity contribution in [1.82, 2.24) is 0 Å². The second-order valence-corrected chi connectivity index (χ2v) is 9.98. The van der Waals surface area contributed by atoms with Gasteiger partial charge in [-0.25, -0.2) is 4.90 Å². The summed E-state index contributed by atoms with van der Waals surface area (Å²) in [5.74, 6) is 2.73. The molecule has 27 heavy (non-hydrogen) atoms. The van der Waals surface area contributed by atoms with E-state index in [-0.39, 0.29) is 17.9 Å². The number of amides is 2. The van der Waals surface area contributed by atoms with E-state index >= 15 is 0 Å². The van der Waals surface area contributed by atoms with E-state index in [1.54, 1.807) is 0 Å². The number of carbonyl (C=O) groups excluding carboxylic acids is 2. The molecule has 2 amide bonds. The SMILES string of the molecule is Cc1cccc(C)c1N1C(=O)C[C@H]([NH2+]CC23CC4CC(CC(C4)C2)C3)C1=O. The number of anilines is 1. The minimum absolute atomic E-state index is 0.0119. The van der Waals surface area contributed by atoms with E-state index in [0.29, 0.717) is 11.8 Å². The smallest absolute Gasteiger partial charge is 0.292 e. The van der Waals surface area contributed by atoms with Gasteiger partial charge in [-0.2, -0.15) is 0 Å². The topological polar surface area (TPSA) is 54.0 Å². The second kappa shape index (κ2) is 6.16. The van der Waals surface area contributed by atoms with E-state index in [1.165, 1.54) is 43.4 Å². The van der Waals surface area contributed by atoms with E-state index in [0.717, 1.165) is 41.1 Å². The lowest BCUT2D eigenvalue weighted by atomic mass is 9.49. The molecule has 0 unspecified atom stereocenters. The Morgan fingerprint density at radius 3 is 2.11 bits per heavy atom. The summed E-state index contributed by atoms with van der Waals surface area (Å²) in [4.78, 5) is 27.3. The predicted molar refractivity (Wildman–Crippen MR) is 104 cm³/mol. The Morgan fingerprint density at radius 1 is 1.00 bits per heavy atom. The molecule has 4 bridgehead atoms. The summed E-state index contributed by atoms with van der Waals surface area (Å²) in [7, 11) is 0. The zero-order chi connectivity index (χ0) is 18.8. The number of imide groups is 1. The fraction of sp³-hybridized carbons (Fsp3) is 0.652. The molecule has 6 rings (SSSR count). The largest absolute Gasteiger partial charge is 0.335 e. The van der Waals surface area contributed by atoms with E-state index in [1.807, 2.05) is 32.0 Å². The molecule has 0 spiro atoms. The monoisotopic (exact) mass is 367 g/mol. The fourth-order valence-corrected chi connectivity index (χ4v) is 7.17. The number of rotatable bonds is 4. The van der Waals surface area contributed by atoms with E-state index in [4.69, 9.17) is 0 Å². The van der Waals surface area contributed by atoms with Gasteiger partial charge in [0.05, 0.1) is 18.7 Å². The molecule has 0 aromatic heterocycles. The summed E-state index contributed by atoms with van der Waals surface area (Å²) in [6.45, 7) is 4.99. The van der Waals surface area contributed by atoms with Gasteiger partial charge in [-0.1, -0.05) is 18.2 Å². The first-order chi connectivity index (χ1) is 12.9. The fourth-order valence-electron chi connectivity index (χ4n) is 7.17. The van der Waals surface area contributed by atoms with Gasteiger partial charge in [0, 0.05) is 5.41 Å². The Labute approximate surface area is 161 Å². The van der Waals surface area contributed by atoms with E-state index in [9.17, 15) is 9.59 Å². The highest BCUT2D eigenvalue weighted by Gasteiger charge is 2.53. The molecule has 1 saturated heterocycles. The molecule has 1 aromatic carbocycles. The first kappa shape index (κ1) is 17.4. The first-order valence-corrected chi connectivity index (χ1v) is 10.7. The van der Waals surface area contributed by atoms with Crippen LogP contribution >= 0.6 is 0 Å². The van der Waals surface area contributed by atoms with Crippen molar-refractivity contribution in [3.63, 3.8) is 0 Å². The van der Waals surface area contributed by atoms with Crippen LogP contribution in [0.25, 0.3) is 0 Å². The van der Waals surface area contributed by atoms with Gasteiger partial charge >= 0.3 is 0 Å². The molecular weight excluding hydrogens is 336 g/mol. The molecule has 1 aliphatic heterocycles. The molecule has 1 heterocycles. The molecule has 5 fully saturated rings. The number of hydrogen-bond acceptors (Lipinski definition) is 2. The number of quaternary nitrogens is 1. The maximum absolute atomic E-state index is 13.1. The van der Waals surface area contributed by atoms with Crippen LogP contribution < -0.4 is 10.2 Å². The zero-order valence-corrected chi connectivity index (χ0v) is 16.5. The van der Waals surface area contributed by atoms with Crippen LogP contribution in [0.5, 0.6) is 0 Å². The lowest BCUT2D eigenvalue weighted by Gasteiger charge is -2.56. The molecule has 1 aromatic rings. The third kappa shape index (κ3) is 2.84. The van der Waals surface area contributed by atoms with E-state index < -0.39 is 0 Å². The van der Waals surface area contributed by atoms with Crippen molar-refractivity contribution in [2.24, 2.45) is 23.2 Å². The number of aryl methyl sites for hydroxylation is 2. The minimum atomic E-state index is -0.232. The Hall–Kier alpha value is -1.68. The number of para-hydroxylation sites is 1. The van der Waals surface area contributed by atoms with Crippen molar-refractivity contribution in [3.05, 3.63) is 29.3 Å². The Balaban J connectivity index is 1.31. The molecule has 1 atom stereocenters. The number of nitrogens with two attached hydrogens (primary N) is 1. The van der Waals surface area contributed by atoms with Crippen LogP contribution in [-0.2, 0) is 9.59 Å². The third-order valence-corrected chi connectivity index (χ3v) is 7.85. The van der Waals surface area contributed by atoms with Gasteiger partial charge < -0.3 is 5.32 Å². The Bertz CT molecular complexity index is 744. The van der Waals surface area contributed by atoms with Crippen LogP contribution in [0.4, 0.5) is 5.69 Å². The standard InChI is InChI=1S/C23H30N2O2/c1-14-4-3-5-15(2)21(14)25-20(26)9-19(22(25)27)24-13-23-10-16-6-17(11-23)8-18(7-16)12-23/h3-5,16-19,24H,6-13H2,1-2H3/p+1/t16?,17?,18?,19-,23?/m0/s1. The third-order valence-electron chi connectivity index (χ3n) is 7.85. The number of nitrogens with zero attached hydrogens (tertiary/aromatic N) is 1. The van der Waals surface area contributed by atoms with Crippen LogP contribution in [0, 0.1) is 37.0 Å². The normalized spacial score (nSPS) is 37.5. The van der Waals surface area contributed by atoms with Gasteiger partial charge in [-0.05, 0) is 81.3 Å². The van der Waals surface area contributed by atoms with Gasteiger partial charge in [0.25, 0.3) is 5.91 Å². The number of benzene rings is 1. The molecule has 2 N–H and O–H groups in total. The summed E-state index contributed by atoms with van der Waals surface area (Å²) in [6.07, 6.45) is 8.74. The van der Waals surface area contributed by atoms with Crippen molar-refractivity contribution in [2.45, 2.75) is 64.8 Å². The number of hydrogen-bond donors (Lipinski definition) is 1. The summed E-state index contributed by atoms with van der Waals surface area (Å²) >= 11 is 0. The first-order valence-electron chi connectivity index (χ1n) is 10.7. The van der Waals surface area contributed by atoms with Crippen molar-refractivity contribution in [1.29, 1.82) is 0 Å². The zero-order valence-electron chi connectivity index (χ0n) is 16.5. The molecule has 4 heteroatoms. The van der Waals surface area contributed by atoms with Gasteiger partial charge in [0.1, 0.15) is 0 Å². The van der Waals surface area contributed by atoms with Gasteiger partial charge in [-0.3, -0.25) is 9.59 Å². The van der Waals surface area contributed by atoms with Gasteiger partial charge in [-0.15, -0.1) is 0 Å². The second-order valence-electron chi connectivity index (χ2n) is 9.98. The Kier molecular flexibility index (Phi) is 3.98. The average Bonchev–Trinajstić information content (AvgIpc) is 2.87. The van der Waals surface area contributed by atoms with Gasteiger partial charge in [0.2, 0.25) is 5.91 Å². The quantitative estimate of drug-likeness (QED) is 0.832. The Morgan fingerprint density at radius 2 is 1.56 bits per heavy atom. The highest BCUT2D eigenvalue weighted by atomic mass is 16.2. The highest BCUT2D eigenvalue weighted by molar-refractivity contribution is 6.22. The van der Waals surface area contributed by atoms with Crippen LogP contribution in [0.15, 0.2) is 18.2 Å². The van der Waals surface area contributed by atoms with Crippen LogP contribution in [-0.4, -0.2) is 24.4 Å². The molecule has 5 aliphatic rings. The van der Waals surface area contributed by atoms with Crippen LogP contribution in [0.1, 0.15) is 56.1 Å². The molecule has 144 valence electrons. The molecule has 4 aliphatic carbocycles. The highest BCUT2D eigenvalue weighted by Crippen LogP contribution is 2.59. The molecule has 4 saturated carbocycles. The number of carbonyl (C=O) groups is 2. The average molecular weight is 368 g/mol. The summed E-state index contributed by atoms with van der Waals surface area (Å²) in [6, 6.07) is 5.71. The van der Waals surface area contributed by atoms with Crippen molar-refractivity contribution >= 4 is 17.5 Å². The molecule has 0 radical (unpaired) electrons.